The van der Waals surface area contributed by atoms with Crippen LogP contribution >= 0.6 is 0 Å². The van der Waals surface area contributed by atoms with Crippen molar-refractivity contribution in [3.05, 3.63) is 65.2 Å². The number of nitrogens with one attached hydrogen (secondary N) is 2. The number of aliphatic hydroxyl groups is 2. The summed E-state index contributed by atoms with van der Waals surface area (Å²) in [6.45, 7) is 0. The standard InChI is InChI=1S/C21H21F7N2O3/c22-13-3-1-10(2-4-13)17(30-20(32)29-15-6-12(7-15)18(24)31)11-5-14(23)9-16(8-11)33-21(27,28)19(25)26/h1-5,8-9,12,15,17-20,29-32H,6-7H2/t12?,15?,17-,18+,20?/m1/s1. The van der Waals surface area contributed by atoms with Crippen LogP contribution in [0.5, 0.6) is 5.75 Å². The van der Waals surface area contributed by atoms with E-state index in [9.17, 15) is 35.8 Å². The number of alkyl halides is 5. The van der Waals surface area contributed by atoms with Crippen LogP contribution in [0.4, 0.5) is 30.7 Å². The minimum absolute atomic E-state index is 0.0896. The van der Waals surface area contributed by atoms with Crippen molar-refractivity contribution in [2.75, 3.05) is 0 Å². The van der Waals surface area contributed by atoms with Gasteiger partial charge in [0.15, 0.2) is 12.7 Å². The van der Waals surface area contributed by atoms with Gasteiger partial charge in [-0.25, -0.2) is 13.2 Å². The van der Waals surface area contributed by atoms with Gasteiger partial charge in [-0.15, -0.1) is 0 Å². The van der Waals surface area contributed by atoms with Gasteiger partial charge < -0.3 is 14.9 Å². The molecule has 182 valence electrons. The number of rotatable bonds is 10. The molecule has 1 saturated carbocycles. The first-order valence-corrected chi connectivity index (χ1v) is 9.88. The molecule has 1 unspecified atom stereocenters. The lowest BCUT2D eigenvalue weighted by Crippen LogP contribution is -2.54. The van der Waals surface area contributed by atoms with Crippen LogP contribution in [0, 0.1) is 17.6 Å². The molecule has 1 aliphatic carbocycles. The lowest BCUT2D eigenvalue weighted by atomic mass is 9.80. The molecule has 2 aromatic rings. The molecule has 0 saturated heterocycles. The molecule has 0 aromatic heterocycles. The summed E-state index contributed by atoms with van der Waals surface area (Å²) < 4.78 is 95.9. The van der Waals surface area contributed by atoms with Crippen molar-refractivity contribution in [2.24, 2.45) is 5.92 Å². The number of halogens is 7. The van der Waals surface area contributed by atoms with Gasteiger partial charge in [-0.1, -0.05) is 12.1 Å². The fraction of sp³-hybridized carbons (Fsp3) is 0.429. The highest BCUT2D eigenvalue weighted by Crippen LogP contribution is 2.33. The third kappa shape index (κ3) is 6.56. The Hall–Kier alpha value is -2.41. The second-order valence-electron chi connectivity index (χ2n) is 7.71. The highest BCUT2D eigenvalue weighted by molar-refractivity contribution is 5.37. The summed E-state index contributed by atoms with van der Waals surface area (Å²) in [5.41, 5.74) is 0.188. The van der Waals surface area contributed by atoms with Gasteiger partial charge in [0.25, 0.3) is 0 Å². The quantitative estimate of drug-likeness (QED) is 0.306. The van der Waals surface area contributed by atoms with Crippen LogP contribution in [0.15, 0.2) is 42.5 Å². The van der Waals surface area contributed by atoms with Gasteiger partial charge in [0, 0.05) is 18.0 Å². The van der Waals surface area contributed by atoms with Gasteiger partial charge in [0.05, 0.1) is 6.04 Å². The second kappa shape index (κ2) is 10.2. The highest BCUT2D eigenvalue weighted by atomic mass is 19.3. The maximum absolute atomic E-state index is 14.1. The Kier molecular flexibility index (Phi) is 7.83. The lowest BCUT2D eigenvalue weighted by Gasteiger charge is -2.38. The average molecular weight is 482 g/mol. The maximum atomic E-state index is 14.1. The molecule has 33 heavy (non-hydrogen) atoms. The Morgan fingerprint density at radius 2 is 1.55 bits per heavy atom. The molecule has 0 aliphatic heterocycles. The zero-order valence-corrected chi connectivity index (χ0v) is 16.9. The Balaban J connectivity index is 1.83. The highest BCUT2D eigenvalue weighted by Gasteiger charge is 2.44. The summed E-state index contributed by atoms with van der Waals surface area (Å²) in [6.07, 6.45) is -12.0. The van der Waals surface area contributed by atoms with Crippen LogP contribution in [0.2, 0.25) is 0 Å². The molecule has 0 radical (unpaired) electrons. The summed E-state index contributed by atoms with van der Waals surface area (Å²) in [5.74, 6) is -3.14. The van der Waals surface area contributed by atoms with E-state index in [-0.39, 0.29) is 30.0 Å². The average Bonchev–Trinajstić information content (AvgIpc) is 2.68. The van der Waals surface area contributed by atoms with Crippen LogP contribution in [0.25, 0.3) is 0 Å². The Labute approximate surface area is 184 Å². The normalized spacial score (nSPS) is 21.4. The Morgan fingerprint density at radius 1 is 0.909 bits per heavy atom. The first kappa shape index (κ1) is 25.2. The van der Waals surface area contributed by atoms with Crippen molar-refractivity contribution in [1.29, 1.82) is 0 Å². The van der Waals surface area contributed by atoms with E-state index in [1.807, 2.05) is 0 Å². The van der Waals surface area contributed by atoms with E-state index in [1.54, 1.807) is 0 Å². The zero-order valence-electron chi connectivity index (χ0n) is 16.9. The summed E-state index contributed by atoms with van der Waals surface area (Å²) in [4.78, 5) is 0. The molecule has 1 aliphatic rings. The van der Waals surface area contributed by atoms with E-state index < -0.39 is 54.6 Å². The maximum Gasteiger partial charge on any atom is 0.461 e. The molecule has 0 amide bonds. The van der Waals surface area contributed by atoms with Gasteiger partial charge in [0.2, 0.25) is 0 Å². The lowest BCUT2D eigenvalue weighted by molar-refractivity contribution is -0.253. The summed E-state index contributed by atoms with van der Waals surface area (Å²) in [5, 5.41) is 24.6. The van der Waals surface area contributed by atoms with E-state index in [4.69, 9.17) is 5.11 Å². The van der Waals surface area contributed by atoms with Crippen LogP contribution in [0.3, 0.4) is 0 Å². The van der Waals surface area contributed by atoms with Crippen molar-refractivity contribution in [3.8, 4) is 5.75 Å². The van der Waals surface area contributed by atoms with Gasteiger partial charge in [0.1, 0.15) is 17.4 Å². The summed E-state index contributed by atoms with van der Waals surface area (Å²) >= 11 is 0. The third-order valence-corrected chi connectivity index (χ3v) is 5.22. The van der Waals surface area contributed by atoms with E-state index in [1.165, 1.54) is 12.1 Å². The van der Waals surface area contributed by atoms with Gasteiger partial charge >= 0.3 is 12.5 Å². The van der Waals surface area contributed by atoms with Crippen molar-refractivity contribution < 1.29 is 45.7 Å². The minimum Gasteiger partial charge on any atom is -0.428 e. The number of hydrogen-bond donors (Lipinski definition) is 4. The molecule has 0 bridgehead atoms. The van der Waals surface area contributed by atoms with Crippen molar-refractivity contribution in [2.45, 2.75) is 50.2 Å². The Bertz CT molecular complexity index is 925. The SMILES string of the molecule is OC(NC1CC([C@H](O)F)C1)N[C@H](c1ccc(F)cc1)c1cc(F)cc(OC(F)(F)C(F)F)c1. The molecule has 3 atom stereocenters. The topological polar surface area (TPSA) is 73.8 Å². The van der Waals surface area contributed by atoms with E-state index in [0.717, 1.165) is 24.3 Å². The molecule has 0 heterocycles. The zero-order chi connectivity index (χ0) is 24.3. The Morgan fingerprint density at radius 3 is 2.12 bits per heavy atom. The van der Waals surface area contributed by atoms with Crippen molar-refractivity contribution in [3.63, 3.8) is 0 Å². The first-order chi connectivity index (χ1) is 15.4. The van der Waals surface area contributed by atoms with Crippen LogP contribution in [-0.4, -0.2) is 41.5 Å². The molecule has 5 nitrogen and oxygen atoms in total. The molecule has 2 aromatic carbocycles. The van der Waals surface area contributed by atoms with Crippen LogP contribution < -0.4 is 15.4 Å². The van der Waals surface area contributed by atoms with Gasteiger partial charge in [-0.3, -0.25) is 10.6 Å². The second-order valence-corrected chi connectivity index (χ2v) is 7.71. The summed E-state index contributed by atoms with van der Waals surface area (Å²) in [6, 6.07) is 5.53. The third-order valence-electron chi connectivity index (χ3n) is 5.22. The first-order valence-electron chi connectivity index (χ1n) is 9.88. The largest absolute Gasteiger partial charge is 0.461 e. The van der Waals surface area contributed by atoms with E-state index >= 15 is 0 Å². The molecule has 4 N–H and O–H groups in total. The smallest absolute Gasteiger partial charge is 0.428 e. The van der Waals surface area contributed by atoms with Crippen molar-refractivity contribution >= 4 is 0 Å². The molecular formula is C21H21F7N2O3. The van der Waals surface area contributed by atoms with Crippen molar-refractivity contribution in [1.82, 2.24) is 10.6 Å². The van der Waals surface area contributed by atoms with Gasteiger partial charge in [-0.2, -0.15) is 17.6 Å². The van der Waals surface area contributed by atoms with Crippen LogP contribution in [0.1, 0.15) is 30.0 Å². The van der Waals surface area contributed by atoms with Crippen LogP contribution in [-0.2, 0) is 0 Å². The number of ether oxygens (including phenoxy) is 1. The molecule has 1 fully saturated rings. The predicted molar refractivity (Wildman–Crippen MR) is 102 cm³/mol. The fourth-order valence-corrected chi connectivity index (χ4v) is 3.50. The van der Waals surface area contributed by atoms with E-state index in [2.05, 4.69) is 15.4 Å². The fourth-order valence-electron chi connectivity index (χ4n) is 3.50. The molecule has 0 spiro atoms. The summed E-state index contributed by atoms with van der Waals surface area (Å²) in [7, 11) is 0. The molecule has 12 heteroatoms. The molecular weight excluding hydrogens is 461 g/mol. The van der Waals surface area contributed by atoms with Gasteiger partial charge in [-0.05, 0) is 48.2 Å². The minimum atomic E-state index is -4.87. The molecule has 3 rings (SSSR count). The monoisotopic (exact) mass is 482 g/mol. The number of hydrogen-bond acceptors (Lipinski definition) is 5. The van der Waals surface area contributed by atoms with E-state index in [0.29, 0.717) is 6.07 Å². The number of aliphatic hydroxyl groups excluding tert-OH is 2. The number of benzene rings is 2. The predicted octanol–water partition coefficient (Wildman–Crippen LogP) is 3.81.